The molecule has 1 heterocycles. The molecule has 0 unspecified atom stereocenters. The molecular formula is C16H14F3N3O2. The molecule has 2 N–H and O–H groups in total. The number of pyridine rings is 1. The Kier molecular flexibility index (Phi) is 5.51. The largest absolute Gasteiger partial charge is 0.416 e. The van der Waals surface area contributed by atoms with Gasteiger partial charge in [-0.05, 0) is 36.4 Å². The average molecular weight is 337 g/mol. The van der Waals surface area contributed by atoms with Crippen molar-refractivity contribution in [3.8, 4) is 0 Å². The summed E-state index contributed by atoms with van der Waals surface area (Å²) in [5, 5.41) is 5.08. The topological polar surface area (TPSA) is 71.1 Å². The molecule has 1 aromatic heterocycles. The highest BCUT2D eigenvalue weighted by Crippen LogP contribution is 2.28. The molecule has 126 valence electrons. The highest BCUT2D eigenvalue weighted by atomic mass is 19.4. The molecule has 8 heteroatoms. The number of amides is 2. The number of carbonyl (C=O) groups excluding carboxylic acids is 2. The number of nitrogens with zero attached hydrogens (tertiary/aromatic N) is 1. The molecule has 0 atom stereocenters. The fourth-order valence-electron chi connectivity index (χ4n) is 1.85. The van der Waals surface area contributed by atoms with E-state index in [0.29, 0.717) is 0 Å². The van der Waals surface area contributed by atoms with E-state index in [9.17, 15) is 22.8 Å². The Bertz CT molecular complexity index is 701. The number of hydrogen-bond acceptors (Lipinski definition) is 3. The molecule has 0 saturated heterocycles. The third kappa shape index (κ3) is 4.80. The van der Waals surface area contributed by atoms with Crippen LogP contribution in [0.15, 0.2) is 48.7 Å². The monoisotopic (exact) mass is 337 g/mol. The second-order valence-corrected chi connectivity index (χ2v) is 4.80. The summed E-state index contributed by atoms with van der Waals surface area (Å²) in [7, 11) is 0. The van der Waals surface area contributed by atoms with Crippen molar-refractivity contribution in [1.82, 2.24) is 15.6 Å². The number of alkyl halides is 3. The van der Waals surface area contributed by atoms with Crippen molar-refractivity contribution < 1.29 is 22.8 Å². The maximum Gasteiger partial charge on any atom is 0.416 e. The van der Waals surface area contributed by atoms with Gasteiger partial charge in [-0.15, -0.1) is 0 Å². The zero-order valence-corrected chi connectivity index (χ0v) is 12.4. The summed E-state index contributed by atoms with van der Waals surface area (Å²) < 4.78 is 37.3. The van der Waals surface area contributed by atoms with E-state index in [0.717, 1.165) is 24.3 Å². The zero-order valence-electron chi connectivity index (χ0n) is 12.4. The highest BCUT2D eigenvalue weighted by Gasteiger charge is 2.30. The molecule has 2 aromatic rings. The Morgan fingerprint density at radius 2 is 1.54 bits per heavy atom. The van der Waals surface area contributed by atoms with Crippen LogP contribution in [0.25, 0.3) is 0 Å². The van der Waals surface area contributed by atoms with Crippen LogP contribution in [0.3, 0.4) is 0 Å². The Hall–Kier alpha value is -2.90. The van der Waals surface area contributed by atoms with Crippen molar-refractivity contribution in [2.75, 3.05) is 13.1 Å². The number of rotatable bonds is 5. The third-order valence-electron chi connectivity index (χ3n) is 3.07. The third-order valence-corrected chi connectivity index (χ3v) is 3.07. The van der Waals surface area contributed by atoms with Gasteiger partial charge in [-0.3, -0.25) is 14.6 Å². The van der Waals surface area contributed by atoms with E-state index in [4.69, 9.17) is 0 Å². The predicted molar refractivity (Wildman–Crippen MR) is 80.3 cm³/mol. The molecule has 5 nitrogen and oxygen atoms in total. The first-order valence-corrected chi connectivity index (χ1v) is 7.02. The molecule has 2 amide bonds. The number of hydrogen-bond donors (Lipinski definition) is 2. The zero-order chi connectivity index (χ0) is 17.6. The van der Waals surface area contributed by atoms with Crippen molar-refractivity contribution in [2.24, 2.45) is 0 Å². The van der Waals surface area contributed by atoms with Gasteiger partial charge < -0.3 is 10.6 Å². The minimum absolute atomic E-state index is 0.110. The van der Waals surface area contributed by atoms with Crippen LogP contribution in [0.2, 0.25) is 0 Å². The summed E-state index contributed by atoms with van der Waals surface area (Å²) in [6.07, 6.45) is -2.95. The minimum atomic E-state index is -4.44. The SMILES string of the molecule is O=C(NCCNC(=O)c1ccccn1)c1ccc(C(F)(F)F)cc1. The number of benzene rings is 1. The van der Waals surface area contributed by atoms with Gasteiger partial charge in [0.1, 0.15) is 5.69 Å². The normalized spacial score (nSPS) is 11.0. The fourth-order valence-corrected chi connectivity index (χ4v) is 1.85. The summed E-state index contributed by atoms with van der Waals surface area (Å²) >= 11 is 0. The van der Waals surface area contributed by atoms with Gasteiger partial charge in [0.15, 0.2) is 0 Å². The van der Waals surface area contributed by atoms with E-state index in [2.05, 4.69) is 15.6 Å². The van der Waals surface area contributed by atoms with Gasteiger partial charge in [-0.1, -0.05) is 6.07 Å². The molecule has 1 aromatic carbocycles. The van der Waals surface area contributed by atoms with Crippen LogP contribution in [-0.4, -0.2) is 29.9 Å². The summed E-state index contributed by atoms with van der Waals surface area (Å²) in [5.41, 5.74) is -0.452. The molecule has 0 radical (unpaired) electrons. The Morgan fingerprint density at radius 3 is 2.08 bits per heavy atom. The molecule has 0 saturated carbocycles. The number of carbonyl (C=O) groups is 2. The average Bonchev–Trinajstić information content (AvgIpc) is 2.58. The van der Waals surface area contributed by atoms with Gasteiger partial charge >= 0.3 is 6.18 Å². The lowest BCUT2D eigenvalue weighted by atomic mass is 10.1. The highest BCUT2D eigenvalue weighted by molar-refractivity contribution is 5.94. The molecule has 2 rings (SSSR count). The Morgan fingerprint density at radius 1 is 0.917 bits per heavy atom. The van der Waals surface area contributed by atoms with Crippen molar-refractivity contribution in [3.63, 3.8) is 0 Å². The summed E-state index contributed by atoms with van der Waals surface area (Å²) in [6, 6.07) is 8.80. The smallest absolute Gasteiger partial charge is 0.350 e. The quantitative estimate of drug-likeness (QED) is 0.822. The van der Waals surface area contributed by atoms with Gasteiger partial charge in [-0.2, -0.15) is 13.2 Å². The first-order valence-electron chi connectivity index (χ1n) is 7.02. The van der Waals surface area contributed by atoms with Crippen LogP contribution in [0.4, 0.5) is 13.2 Å². The molecule has 0 aliphatic carbocycles. The lowest BCUT2D eigenvalue weighted by Gasteiger charge is -2.09. The summed E-state index contributed by atoms with van der Waals surface area (Å²) in [5.74, 6) is -0.893. The Labute approximate surface area is 135 Å². The predicted octanol–water partition coefficient (Wildman–Crippen LogP) is 2.26. The van der Waals surface area contributed by atoms with Crippen LogP contribution >= 0.6 is 0 Å². The van der Waals surface area contributed by atoms with E-state index in [1.807, 2.05) is 0 Å². The second kappa shape index (κ2) is 7.58. The van der Waals surface area contributed by atoms with Crippen LogP contribution in [0.5, 0.6) is 0 Å². The lowest BCUT2D eigenvalue weighted by Crippen LogP contribution is -2.35. The van der Waals surface area contributed by atoms with Gasteiger partial charge in [-0.25, -0.2) is 0 Å². The van der Waals surface area contributed by atoms with E-state index in [-0.39, 0.29) is 30.3 Å². The molecular weight excluding hydrogens is 323 g/mol. The van der Waals surface area contributed by atoms with Gasteiger partial charge in [0.2, 0.25) is 0 Å². The first kappa shape index (κ1) is 17.5. The molecule has 0 fully saturated rings. The van der Waals surface area contributed by atoms with Gasteiger partial charge in [0.05, 0.1) is 5.56 Å². The van der Waals surface area contributed by atoms with Crippen molar-refractivity contribution in [3.05, 3.63) is 65.5 Å². The van der Waals surface area contributed by atoms with E-state index < -0.39 is 17.6 Å². The maximum atomic E-state index is 12.4. The van der Waals surface area contributed by atoms with Crippen molar-refractivity contribution >= 4 is 11.8 Å². The summed E-state index contributed by atoms with van der Waals surface area (Å²) in [4.78, 5) is 27.4. The second-order valence-electron chi connectivity index (χ2n) is 4.80. The molecule has 24 heavy (non-hydrogen) atoms. The van der Waals surface area contributed by atoms with Crippen molar-refractivity contribution in [2.45, 2.75) is 6.18 Å². The van der Waals surface area contributed by atoms with E-state index in [1.54, 1.807) is 18.2 Å². The number of halogens is 3. The summed E-state index contributed by atoms with van der Waals surface area (Å²) in [6.45, 7) is 0.306. The molecule has 0 bridgehead atoms. The fraction of sp³-hybridized carbons (Fsp3) is 0.188. The van der Waals surface area contributed by atoms with E-state index in [1.165, 1.54) is 6.20 Å². The van der Waals surface area contributed by atoms with E-state index >= 15 is 0 Å². The maximum absolute atomic E-state index is 12.4. The number of nitrogens with one attached hydrogen (secondary N) is 2. The lowest BCUT2D eigenvalue weighted by molar-refractivity contribution is -0.137. The van der Waals surface area contributed by atoms with Crippen LogP contribution in [0, 0.1) is 0 Å². The van der Waals surface area contributed by atoms with Gasteiger partial charge in [0.25, 0.3) is 11.8 Å². The van der Waals surface area contributed by atoms with Crippen molar-refractivity contribution in [1.29, 1.82) is 0 Å². The molecule has 0 aliphatic rings. The molecule has 0 aliphatic heterocycles. The number of aromatic nitrogens is 1. The minimum Gasteiger partial charge on any atom is -0.350 e. The van der Waals surface area contributed by atoms with Crippen LogP contribution < -0.4 is 10.6 Å². The van der Waals surface area contributed by atoms with Crippen LogP contribution in [0.1, 0.15) is 26.4 Å². The first-order chi connectivity index (χ1) is 11.4. The van der Waals surface area contributed by atoms with Gasteiger partial charge in [0, 0.05) is 24.8 Å². The standard InChI is InChI=1S/C16H14F3N3O2/c17-16(18,19)12-6-4-11(5-7-12)14(23)21-9-10-22-15(24)13-3-1-2-8-20-13/h1-8H,9-10H2,(H,21,23)(H,22,24). The van der Waals surface area contributed by atoms with Crippen LogP contribution in [-0.2, 0) is 6.18 Å². The Balaban J connectivity index is 1.78. The molecule has 0 spiro atoms.